The predicted molar refractivity (Wildman–Crippen MR) is 130 cm³/mol. The van der Waals surface area contributed by atoms with Crippen LogP contribution >= 0.6 is 23.1 Å². The van der Waals surface area contributed by atoms with Gasteiger partial charge in [-0.15, -0.1) is 23.1 Å². The molecule has 0 spiro atoms. The first-order valence-electron chi connectivity index (χ1n) is 10.8. The maximum atomic E-state index is 13.1. The number of ether oxygens (including phenoxy) is 1. The Balaban J connectivity index is 1.78. The smallest absolute Gasteiger partial charge is 0.352 e. The Morgan fingerprint density at radius 3 is 2.69 bits per heavy atom. The van der Waals surface area contributed by atoms with E-state index >= 15 is 0 Å². The molecule has 0 radical (unpaired) electrons. The average molecular weight is 540 g/mol. The molecule has 1 saturated heterocycles. The maximum absolute atomic E-state index is 13.1. The minimum absolute atomic E-state index is 0.0327. The summed E-state index contributed by atoms with van der Waals surface area (Å²) in [6.45, 7) is 6.27. The highest BCUT2D eigenvalue weighted by molar-refractivity contribution is 8.00. The zero-order valence-corrected chi connectivity index (χ0v) is 21.5. The second-order valence-electron chi connectivity index (χ2n) is 8.57. The number of rotatable bonds is 10. The molecule has 194 valence electrons. The molecule has 0 aliphatic carbocycles. The largest absolute Gasteiger partial charge is 0.477 e. The van der Waals surface area contributed by atoms with E-state index < -0.39 is 47.4 Å². The lowest BCUT2D eigenvalue weighted by Crippen LogP contribution is -2.71. The van der Waals surface area contributed by atoms with Gasteiger partial charge in [-0.25, -0.2) is 14.6 Å². The molecule has 3 amide bonds. The van der Waals surface area contributed by atoms with Crippen molar-refractivity contribution in [3.63, 3.8) is 0 Å². The topological polar surface area (TPSA) is 177 Å². The summed E-state index contributed by atoms with van der Waals surface area (Å²) >= 11 is 2.36. The fourth-order valence-corrected chi connectivity index (χ4v) is 5.49. The van der Waals surface area contributed by atoms with Gasteiger partial charge < -0.3 is 25.3 Å². The van der Waals surface area contributed by atoms with Crippen LogP contribution in [0.4, 0.5) is 5.13 Å². The molecule has 0 aromatic carbocycles. The van der Waals surface area contributed by atoms with Crippen molar-refractivity contribution in [3.8, 4) is 0 Å². The summed E-state index contributed by atoms with van der Waals surface area (Å²) in [6, 6.07) is -1.00. The van der Waals surface area contributed by atoms with E-state index in [2.05, 4.69) is 20.8 Å². The lowest BCUT2D eigenvalue weighted by molar-refractivity contribution is -0.160. The second-order valence-corrected chi connectivity index (χ2v) is 10.5. The van der Waals surface area contributed by atoms with Gasteiger partial charge in [-0.05, 0) is 32.8 Å². The Labute approximate surface area is 214 Å². The number of carboxylic acid groups (broad SMARTS) is 1. The number of thioether (sulfide) groups is 1. The SMILES string of the molecule is CCC1=C(C(=O)O)N2C(=O)C(NC(=O)/C(=N\OCC(=O)OC(C)(C)C)c3csc(NC=O)n3)[C@H]2SC1. The van der Waals surface area contributed by atoms with Crippen molar-refractivity contribution in [2.45, 2.75) is 51.1 Å². The molecule has 0 saturated carbocycles. The number of oxime groups is 1. The first-order chi connectivity index (χ1) is 17.0. The number of carbonyl (C=O) groups is 5. The molecule has 2 aliphatic heterocycles. The van der Waals surface area contributed by atoms with Gasteiger partial charge in [0.2, 0.25) is 13.0 Å². The molecule has 1 fully saturated rings. The third kappa shape index (κ3) is 6.02. The molecule has 2 atom stereocenters. The molecule has 2 aliphatic rings. The quantitative estimate of drug-likeness (QED) is 0.127. The van der Waals surface area contributed by atoms with Crippen LogP contribution in [0.3, 0.4) is 0 Å². The molecular weight excluding hydrogens is 514 g/mol. The van der Waals surface area contributed by atoms with Crippen LogP contribution in [-0.4, -0.2) is 80.2 Å². The van der Waals surface area contributed by atoms with Gasteiger partial charge in [-0.2, -0.15) is 0 Å². The van der Waals surface area contributed by atoms with E-state index in [0.29, 0.717) is 24.2 Å². The van der Waals surface area contributed by atoms with Gasteiger partial charge in [0.05, 0.1) is 0 Å². The molecule has 1 unspecified atom stereocenters. The Bertz CT molecular complexity index is 1140. The zero-order valence-electron chi connectivity index (χ0n) is 19.9. The van der Waals surface area contributed by atoms with E-state index in [4.69, 9.17) is 9.57 Å². The first-order valence-corrected chi connectivity index (χ1v) is 12.7. The number of aliphatic carboxylic acids is 1. The summed E-state index contributed by atoms with van der Waals surface area (Å²) in [4.78, 5) is 70.6. The van der Waals surface area contributed by atoms with E-state index in [1.807, 2.05) is 6.92 Å². The average Bonchev–Trinajstić information content (AvgIpc) is 3.26. The second kappa shape index (κ2) is 11.1. The molecule has 15 heteroatoms. The Hall–Kier alpha value is -3.46. The number of carbonyl (C=O) groups excluding carboxylic acids is 4. The van der Waals surface area contributed by atoms with Crippen molar-refractivity contribution in [3.05, 3.63) is 22.3 Å². The molecule has 3 heterocycles. The fraction of sp³-hybridized carbons (Fsp3) is 0.476. The summed E-state index contributed by atoms with van der Waals surface area (Å²) in [5.74, 6) is -2.91. The summed E-state index contributed by atoms with van der Waals surface area (Å²) < 4.78 is 5.13. The summed E-state index contributed by atoms with van der Waals surface area (Å²) in [7, 11) is 0. The molecule has 0 bridgehead atoms. The van der Waals surface area contributed by atoms with Gasteiger partial charge in [-0.1, -0.05) is 12.1 Å². The third-order valence-electron chi connectivity index (χ3n) is 4.87. The highest BCUT2D eigenvalue weighted by Crippen LogP contribution is 2.41. The van der Waals surface area contributed by atoms with Gasteiger partial charge in [0.15, 0.2) is 10.8 Å². The number of fused-ring (bicyclic) bond motifs is 1. The minimum Gasteiger partial charge on any atom is -0.477 e. The normalized spacial score (nSPS) is 19.7. The van der Waals surface area contributed by atoms with E-state index in [-0.39, 0.29) is 22.2 Å². The van der Waals surface area contributed by atoms with Crippen molar-refractivity contribution in [1.29, 1.82) is 0 Å². The van der Waals surface area contributed by atoms with Crippen LogP contribution in [0.25, 0.3) is 0 Å². The lowest BCUT2D eigenvalue weighted by atomic mass is 10.0. The number of nitrogens with zero attached hydrogens (tertiary/aromatic N) is 3. The number of aromatic nitrogens is 1. The number of esters is 1. The standard InChI is InChI=1S/C21H25N5O8S2/c1-5-10-7-35-18-14(17(30)26(18)15(10)19(31)32)24-16(29)13(11-8-36-20(23-11)22-9-27)25-33-6-12(28)34-21(2,3)4/h8-9,14,18H,5-7H2,1-4H3,(H,24,29)(H,31,32)(H,22,23,27)/b25-13-/t14?,18-/m1/s1. The molecule has 13 nitrogen and oxygen atoms in total. The van der Waals surface area contributed by atoms with Gasteiger partial charge >= 0.3 is 11.9 Å². The van der Waals surface area contributed by atoms with Crippen LogP contribution in [-0.2, 0) is 33.5 Å². The lowest BCUT2D eigenvalue weighted by Gasteiger charge is -2.49. The van der Waals surface area contributed by atoms with E-state index in [1.165, 1.54) is 22.0 Å². The summed E-state index contributed by atoms with van der Waals surface area (Å²) in [6.07, 6.45) is 0.896. The molecule has 36 heavy (non-hydrogen) atoms. The molecule has 1 aromatic rings. The Kier molecular flexibility index (Phi) is 8.35. The Morgan fingerprint density at radius 1 is 1.36 bits per heavy atom. The van der Waals surface area contributed by atoms with E-state index in [1.54, 1.807) is 20.8 Å². The van der Waals surface area contributed by atoms with Crippen LogP contribution in [0, 0.1) is 0 Å². The number of β-lactam (4-membered cyclic amide) rings is 1. The molecular formula is C21H25N5O8S2. The minimum atomic E-state index is -1.20. The van der Waals surface area contributed by atoms with Crippen LogP contribution in [0.2, 0.25) is 0 Å². The van der Waals surface area contributed by atoms with Crippen LogP contribution in [0.1, 0.15) is 39.8 Å². The van der Waals surface area contributed by atoms with Gasteiger partial charge in [0.25, 0.3) is 11.8 Å². The van der Waals surface area contributed by atoms with Crippen molar-refractivity contribution in [2.24, 2.45) is 5.16 Å². The number of thiazole rings is 1. The van der Waals surface area contributed by atoms with Gasteiger partial charge in [0.1, 0.15) is 28.4 Å². The number of nitrogens with one attached hydrogen (secondary N) is 2. The highest BCUT2D eigenvalue weighted by atomic mass is 32.2. The van der Waals surface area contributed by atoms with Gasteiger partial charge in [-0.3, -0.25) is 19.3 Å². The number of hydrogen-bond acceptors (Lipinski definition) is 11. The predicted octanol–water partition coefficient (Wildman–Crippen LogP) is 0.922. The van der Waals surface area contributed by atoms with Crippen molar-refractivity contribution in [1.82, 2.24) is 15.2 Å². The zero-order chi connectivity index (χ0) is 26.6. The molecule has 1 aromatic heterocycles. The highest BCUT2D eigenvalue weighted by Gasteiger charge is 2.54. The summed E-state index contributed by atoms with van der Waals surface area (Å²) in [5.41, 5.74) is -0.480. The van der Waals surface area contributed by atoms with Crippen molar-refractivity contribution >= 4 is 64.1 Å². The number of amides is 3. The maximum Gasteiger partial charge on any atom is 0.352 e. The monoisotopic (exact) mass is 539 g/mol. The Morgan fingerprint density at radius 2 is 2.08 bits per heavy atom. The summed E-state index contributed by atoms with van der Waals surface area (Å²) in [5, 5.41) is 19.3. The molecule has 3 N–H and O–H groups in total. The van der Waals surface area contributed by atoms with Crippen LogP contribution in [0.5, 0.6) is 0 Å². The third-order valence-corrected chi connectivity index (χ3v) is 6.98. The van der Waals surface area contributed by atoms with Crippen LogP contribution in [0.15, 0.2) is 21.8 Å². The number of anilines is 1. The van der Waals surface area contributed by atoms with Crippen molar-refractivity contribution in [2.75, 3.05) is 17.7 Å². The van der Waals surface area contributed by atoms with Crippen LogP contribution < -0.4 is 10.6 Å². The van der Waals surface area contributed by atoms with E-state index in [0.717, 1.165) is 11.3 Å². The van der Waals surface area contributed by atoms with Crippen molar-refractivity contribution < 1.29 is 38.7 Å². The van der Waals surface area contributed by atoms with E-state index in [9.17, 15) is 29.1 Å². The molecule has 3 rings (SSSR count). The first kappa shape index (κ1) is 27.1. The van der Waals surface area contributed by atoms with Gasteiger partial charge in [0, 0.05) is 11.1 Å². The number of carboxylic acids is 1. The number of hydrogen-bond donors (Lipinski definition) is 3. The fourth-order valence-electron chi connectivity index (χ4n) is 3.39.